The first-order valence-corrected chi connectivity index (χ1v) is 6.46. The molecule has 19 heavy (non-hydrogen) atoms. The molecule has 6 nitrogen and oxygen atoms in total. The van der Waals surface area contributed by atoms with Gasteiger partial charge in [-0.2, -0.15) is 5.10 Å². The maximum Gasteiger partial charge on any atom is 0.331 e. The van der Waals surface area contributed by atoms with Gasteiger partial charge in [0.25, 0.3) is 0 Å². The van der Waals surface area contributed by atoms with Crippen molar-refractivity contribution in [3.05, 3.63) is 12.4 Å². The van der Waals surface area contributed by atoms with E-state index in [4.69, 9.17) is 5.11 Å². The van der Waals surface area contributed by atoms with Crippen LogP contribution >= 0.6 is 0 Å². The number of aromatic nitrogens is 2. The minimum atomic E-state index is -1.13. The molecular weight excluding hydrogens is 246 g/mol. The lowest BCUT2D eigenvalue weighted by molar-refractivity contribution is -0.146. The zero-order valence-corrected chi connectivity index (χ0v) is 11.6. The molecule has 0 saturated heterocycles. The number of carbonyl (C=O) groups excluding carboxylic acids is 1. The molecule has 0 spiro atoms. The van der Waals surface area contributed by atoms with Crippen LogP contribution in [0.2, 0.25) is 0 Å². The van der Waals surface area contributed by atoms with Gasteiger partial charge in [0.05, 0.1) is 11.9 Å². The summed E-state index contributed by atoms with van der Waals surface area (Å²) in [6, 6.07) is 0. The summed E-state index contributed by atoms with van der Waals surface area (Å²) in [5, 5.41) is 15.8. The van der Waals surface area contributed by atoms with E-state index in [0.29, 0.717) is 12.1 Å². The third-order valence-electron chi connectivity index (χ3n) is 2.97. The van der Waals surface area contributed by atoms with E-state index < -0.39 is 11.5 Å². The van der Waals surface area contributed by atoms with Crippen LogP contribution in [0.15, 0.2) is 12.4 Å². The normalized spacial score (nSPS) is 11.3. The quantitative estimate of drug-likeness (QED) is 0.742. The van der Waals surface area contributed by atoms with Crippen molar-refractivity contribution < 1.29 is 14.7 Å². The Labute approximate surface area is 112 Å². The van der Waals surface area contributed by atoms with Gasteiger partial charge in [0.2, 0.25) is 5.91 Å². The summed E-state index contributed by atoms with van der Waals surface area (Å²) in [5.74, 6) is -1.04. The number of nitrogens with zero attached hydrogens (tertiary/aromatic N) is 2. The molecule has 0 aromatic carbocycles. The van der Waals surface area contributed by atoms with E-state index >= 15 is 0 Å². The molecule has 1 amide bonds. The zero-order valence-electron chi connectivity index (χ0n) is 11.6. The number of aliphatic carboxylic acids is 1. The smallest absolute Gasteiger partial charge is 0.331 e. The summed E-state index contributed by atoms with van der Waals surface area (Å²) >= 11 is 0. The van der Waals surface area contributed by atoms with Gasteiger partial charge in [0.1, 0.15) is 0 Å². The second kappa shape index (κ2) is 6.36. The van der Waals surface area contributed by atoms with Crippen LogP contribution in [0, 0.1) is 0 Å². The highest BCUT2D eigenvalue weighted by molar-refractivity contribution is 5.90. The van der Waals surface area contributed by atoms with Crippen LogP contribution in [0.25, 0.3) is 0 Å². The number of anilines is 1. The summed E-state index contributed by atoms with van der Waals surface area (Å²) in [6.07, 6.45) is 6.42. The van der Waals surface area contributed by atoms with E-state index in [2.05, 4.69) is 17.3 Å². The first-order valence-electron chi connectivity index (χ1n) is 6.46. The topological polar surface area (TPSA) is 84.2 Å². The van der Waals surface area contributed by atoms with Gasteiger partial charge in [-0.15, -0.1) is 0 Å². The molecule has 2 N–H and O–H groups in total. The van der Waals surface area contributed by atoms with Crippen molar-refractivity contribution in [1.29, 1.82) is 0 Å². The van der Waals surface area contributed by atoms with Gasteiger partial charge in [-0.1, -0.05) is 19.8 Å². The Kier molecular flexibility index (Phi) is 5.09. The molecule has 0 bridgehead atoms. The van der Waals surface area contributed by atoms with Gasteiger partial charge < -0.3 is 10.4 Å². The number of carbonyl (C=O) groups is 2. The molecule has 0 aliphatic heterocycles. The molecule has 1 aromatic rings. The van der Waals surface area contributed by atoms with E-state index in [1.54, 1.807) is 13.8 Å². The van der Waals surface area contributed by atoms with Gasteiger partial charge in [-0.3, -0.25) is 9.48 Å². The minimum Gasteiger partial charge on any atom is -0.479 e. The SMILES string of the molecule is CCCCCC(=O)Nc1cnn(C(C)(C)C(=O)O)c1. The highest BCUT2D eigenvalue weighted by Crippen LogP contribution is 2.17. The summed E-state index contributed by atoms with van der Waals surface area (Å²) in [6.45, 7) is 5.18. The lowest BCUT2D eigenvalue weighted by atomic mass is 10.1. The second-order valence-corrected chi connectivity index (χ2v) is 5.04. The molecule has 0 fully saturated rings. The van der Waals surface area contributed by atoms with Crippen LogP contribution in [0.3, 0.4) is 0 Å². The van der Waals surface area contributed by atoms with Crippen molar-refractivity contribution in [3.63, 3.8) is 0 Å². The zero-order chi connectivity index (χ0) is 14.5. The molecule has 1 rings (SSSR count). The number of hydrogen-bond acceptors (Lipinski definition) is 3. The maximum atomic E-state index is 11.6. The van der Waals surface area contributed by atoms with Gasteiger partial charge in [0, 0.05) is 12.6 Å². The third-order valence-corrected chi connectivity index (χ3v) is 2.97. The molecule has 0 atom stereocenters. The first kappa shape index (κ1) is 15.2. The lowest BCUT2D eigenvalue weighted by Gasteiger charge is -2.19. The Morgan fingerprint density at radius 1 is 1.42 bits per heavy atom. The molecule has 0 saturated carbocycles. The van der Waals surface area contributed by atoms with Crippen LogP contribution in [0.4, 0.5) is 5.69 Å². The largest absolute Gasteiger partial charge is 0.479 e. The molecular formula is C13H21N3O3. The third kappa shape index (κ3) is 4.08. The van der Waals surface area contributed by atoms with Crippen LogP contribution in [0.5, 0.6) is 0 Å². The van der Waals surface area contributed by atoms with Crippen LogP contribution in [-0.2, 0) is 15.1 Å². The number of nitrogens with one attached hydrogen (secondary N) is 1. The van der Waals surface area contributed by atoms with Crippen LogP contribution in [-0.4, -0.2) is 26.8 Å². The average molecular weight is 267 g/mol. The Bertz CT molecular complexity index is 452. The fraction of sp³-hybridized carbons (Fsp3) is 0.615. The number of hydrogen-bond donors (Lipinski definition) is 2. The Balaban J connectivity index is 2.60. The molecule has 6 heteroatoms. The molecule has 0 radical (unpaired) electrons. The van der Waals surface area contributed by atoms with Crippen LogP contribution < -0.4 is 5.32 Å². The van der Waals surface area contributed by atoms with Gasteiger partial charge in [0.15, 0.2) is 5.54 Å². The number of carboxylic acids is 1. The first-order chi connectivity index (χ1) is 8.87. The lowest BCUT2D eigenvalue weighted by Crippen LogP contribution is -2.35. The summed E-state index contributed by atoms with van der Waals surface area (Å²) < 4.78 is 1.33. The standard InChI is InChI=1S/C13H21N3O3/c1-4-5-6-7-11(17)15-10-8-14-16(9-10)13(2,3)12(18)19/h8-9H,4-7H2,1-3H3,(H,15,17)(H,18,19). The molecule has 0 aliphatic rings. The fourth-order valence-electron chi connectivity index (χ4n) is 1.55. The van der Waals surface area contributed by atoms with E-state index in [0.717, 1.165) is 19.3 Å². The Hall–Kier alpha value is -1.85. The summed E-state index contributed by atoms with van der Waals surface area (Å²) in [5.41, 5.74) is -0.610. The van der Waals surface area contributed by atoms with Crippen molar-refractivity contribution in [3.8, 4) is 0 Å². The highest BCUT2D eigenvalue weighted by atomic mass is 16.4. The molecule has 0 unspecified atom stereocenters. The fourth-order valence-corrected chi connectivity index (χ4v) is 1.55. The molecule has 106 valence electrons. The Morgan fingerprint density at radius 3 is 2.68 bits per heavy atom. The number of rotatable bonds is 7. The van der Waals surface area contributed by atoms with Crippen molar-refractivity contribution in [2.75, 3.05) is 5.32 Å². The van der Waals surface area contributed by atoms with E-state index in [1.807, 2.05) is 0 Å². The van der Waals surface area contributed by atoms with E-state index in [9.17, 15) is 9.59 Å². The predicted molar refractivity (Wildman–Crippen MR) is 72.0 cm³/mol. The van der Waals surface area contributed by atoms with Crippen molar-refractivity contribution in [2.24, 2.45) is 0 Å². The van der Waals surface area contributed by atoms with Gasteiger partial charge in [-0.05, 0) is 20.3 Å². The van der Waals surface area contributed by atoms with Crippen molar-refractivity contribution >= 4 is 17.6 Å². The second-order valence-electron chi connectivity index (χ2n) is 5.04. The molecule has 0 aliphatic carbocycles. The van der Waals surface area contributed by atoms with Gasteiger partial charge in [-0.25, -0.2) is 4.79 Å². The molecule has 1 heterocycles. The van der Waals surface area contributed by atoms with Crippen molar-refractivity contribution in [1.82, 2.24) is 9.78 Å². The predicted octanol–water partition coefficient (Wildman–Crippen LogP) is 2.22. The minimum absolute atomic E-state index is 0.0684. The van der Waals surface area contributed by atoms with E-state index in [1.165, 1.54) is 17.1 Å². The van der Waals surface area contributed by atoms with Gasteiger partial charge >= 0.3 is 5.97 Å². The Morgan fingerprint density at radius 2 is 2.11 bits per heavy atom. The number of amides is 1. The average Bonchev–Trinajstić information content (AvgIpc) is 2.78. The highest BCUT2D eigenvalue weighted by Gasteiger charge is 2.30. The van der Waals surface area contributed by atoms with Crippen LogP contribution in [0.1, 0.15) is 46.5 Å². The summed E-state index contributed by atoms with van der Waals surface area (Å²) in [7, 11) is 0. The van der Waals surface area contributed by atoms with Crippen molar-refractivity contribution in [2.45, 2.75) is 52.0 Å². The summed E-state index contributed by atoms with van der Waals surface area (Å²) in [4.78, 5) is 22.7. The molecule has 1 aromatic heterocycles. The number of unbranched alkanes of at least 4 members (excludes halogenated alkanes) is 2. The maximum absolute atomic E-state index is 11.6. The van der Waals surface area contributed by atoms with E-state index in [-0.39, 0.29) is 5.91 Å². The monoisotopic (exact) mass is 267 g/mol. The number of carboxylic acid groups (broad SMARTS) is 1.